The van der Waals surface area contributed by atoms with Crippen molar-refractivity contribution in [2.75, 3.05) is 33.0 Å². The lowest BCUT2D eigenvalue weighted by Crippen LogP contribution is -2.42. The first-order valence-corrected chi connectivity index (χ1v) is 11.9. The van der Waals surface area contributed by atoms with Crippen molar-refractivity contribution < 1.29 is 38.7 Å². The molecule has 0 aromatic carbocycles. The summed E-state index contributed by atoms with van der Waals surface area (Å²) >= 11 is 0. The number of aliphatic hydroxyl groups excluding tert-OH is 2. The van der Waals surface area contributed by atoms with Crippen molar-refractivity contribution in [1.29, 1.82) is 0 Å². The fourth-order valence-corrected chi connectivity index (χ4v) is 4.67. The molecular weight excluding hydrogens is 474 g/mol. The number of fused-ring (bicyclic) bond motifs is 1. The summed E-state index contributed by atoms with van der Waals surface area (Å²) in [5.41, 5.74) is 5.47. The summed E-state index contributed by atoms with van der Waals surface area (Å²) in [6, 6.07) is 2.56. The van der Waals surface area contributed by atoms with Gasteiger partial charge in [0.05, 0.1) is 5.69 Å². The number of ether oxygens (including phenoxy) is 4. The Hall–Kier alpha value is -3.00. The quantitative estimate of drug-likeness (QED) is 0.416. The topological polar surface area (TPSA) is 171 Å². The number of aromatic nitrogens is 3. The highest BCUT2D eigenvalue weighted by atomic mass is 16.7. The van der Waals surface area contributed by atoms with Crippen molar-refractivity contribution >= 4 is 23.5 Å². The maximum Gasteiger partial charge on any atom is 0.508 e. The normalized spacial score (nSPS) is 27.4. The third kappa shape index (κ3) is 5.09. The van der Waals surface area contributed by atoms with E-state index in [1.54, 1.807) is 38.1 Å². The molecule has 13 heteroatoms. The number of hydrogen-bond acceptors (Lipinski definition) is 12. The number of likely N-dealkylation sites (N-methyl/N-ethyl adjacent to an activating group) is 1. The molecule has 5 atom stereocenters. The van der Waals surface area contributed by atoms with Gasteiger partial charge in [-0.2, -0.15) is 5.10 Å². The minimum absolute atomic E-state index is 0.103. The SMILES string of the molecule is CN(C)[C@@H](COC(=O)OC[C@H]1O[C@@](C)(c2ccc3c(N)ncnn23)[C@H](O)[C@@H]1O)C(=O)OC1CCCC1. The first-order valence-electron chi connectivity index (χ1n) is 11.9. The molecule has 1 aliphatic heterocycles. The van der Waals surface area contributed by atoms with E-state index in [-0.39, 0.29) is 25.1 Å². The lowest BCUT2D eigenvalue weighted by molar-refractivity contribution is -0.156. The summed E-state index contributed by atoms with van der Waals surface area (Å²) in [6.07, 6.45) is 0.108. The van der Waals surface area contributed by atoms with Crippen LogP contribution in [0.15, 0.2) is 18.5 Å². The number of hydrogen-bond donors (Lipinski definition) is 3. The zero-order valence-corrected chi connectivity index (χ0v) is 20.6. The number of carbonyl (C=O) groups is 2. The largest absolute Gasteiger partial charge is 0.508 e. The minimum Gasteiger partial charge on any atom is -0.461 e. The van der Waals surface area contributed by atoms with Crippen LogP contribution in [0.2, 0.25) is 0 Å². The standard InChI is InChI=1S/C23H33N5O8/c1-23(17-9-8-14-20(24)25-12-26-28(14)17)19(30)18(29)16(36-23)11-34-22(32)33-10-15(27(2)3)21(31)35-13-6-4-5-7-13/h8-9,12-13,15-16,18-19,29-30H,4-7,10-11H2,1-3H3,(H2,24,25,26)/t15-,16+,18+,19+,23-/m0/s1. The van der Waals surface area contributed by atoms with Crippen LogP contribution in [-0.4, -0.2) is 99.6 Å². The summed E-state index contributed by atoms with van der Waals surface area (Å²) in [6.45, 7) is 0.951. The molecule has 0 unspecified atom stereocenters. The predicted octanol–water partition coefficient (Wildman–Crippen LogP) is 0.217. The lowest BCUT2D eigenvalue weighted by atomic mass is 9.93. The second-order valence-electron chi connectivity index (χ2n) is 9.55. The molecule has 2 aliphatic rings. The number of aliphatic hydroxyl groups is 2. The number of nitrogens with two attached hydrogens (primary N) is 1. The molecule has 2 aromatic rings. The molecule has 4 rings (SSSR count). The van der Waals surface area contributed by atoms with Crippen LogP contribution in [0.1, 0.15) is 38.3 Å². The number of anilines is 1. The Bertz CT molecular complexity index is 1090. The second-order valence-corrected chi connectivity index (χ2v) is 9.55. The monoisotopic (exact) mass is 507 g/mol. The number of carbonyl (C=O) groups excluding carboxylic acids is 2. The third-order valence-electron chi connectivity index (χ3n) is 6.86. The maximum absolute atomic E-state index is 12.5. The van der Waals surface area contributed by atoms with Gasteiger partial charge in [0.1, 0.15) is 61.1 Å². The van der Waals surface area contributed by atoms with Crippen molar-refractivity contribution in [2.24, 2.45) is 0 Å². The van der Waals surface area contributed by atoms with Crippen LogP contribution in [0.3, 0.4) is 0 Å². The van der Waals surface area contributed by atoms with Crippen molar-refractivity contribution in [3.8, 4) is 0 Å². The van der Waals surface area contributed by atoms with Gasteiger partial charge in [-0.25, -0.2) is 14.3 Å². The van der Waals surface area contributed by atoms with Crippen molar-refractivity contribution in [3.63, 3.8) is 0 Å². The Kier molecular flexibility index (Phi) is 7.64. The van der Waals surface area contributed by atoms with Crippen LogP contribution in [0.25, 0.3) is 5.52 Å². The Morgan fingerprint density at radius 3 is 2.69 bits per heavy atom. The van der Waals surface area contributed by atoms with Crippen LogP contribution in [0.5, 0.6) is 0 Å². The molecule has 0 amide bonds. The van der Waals surface area contributed by atoms with Gasteiger partial charge in [-0.1, -0.05) is 0 Å². The molecule has 0 bridgehead atoms. The van der Waals surface area contributed by atoms with Gasteiger partial charge in [0.2, 0.25) is 0 Å². The molecule has 1 saturated carbocycles. The molecule has 1 saturated heterocycles. The molecular formula is C23H33N5O8. The number of rotatable bonds is 8. The van der Waals surface area contributed by atoms with Crippen LogP contribution in [0.4, 0.5) is 10.6 Å². The smallest absolute Gasteiger partial charge is 0.461 e. The van der Waals surface area contributed by atoms with E-state index in [0.29, 0.717) is 11.2 Å². The van der Waals surface area contributed by atoms with Gasteiger partial charge in [-0.15, -0.1) is 0 Å². The van der Waals surface area contributed by atoms with E-state index in [2.05, 4.69) is 10.1 Å². The average molecular weight is 508 g/mol. The van der Waals surface area contributed by atoms with Gasteiger partial charge < -0.3 is 34.9 Å². The van der Waals surface area contributed by atoms with E-state index in [1.165, 1.54) is 10.8 Å². The highest BCUT2D eigenvalue weighted by Gasteiger charge is 2.54. The van der Waals surface area contributed by atoms with Gasteiger partial charge in [0.15, 0.2) is 5.82 Å². The Labute approximate surface area is 208 Å². The van der Waals surface area contributed by atoms with E-state index < -0.39 is 42.1 Å². The third-order valence-corrected chi connectivity index (χ3v) is 6.86. The molecule has 13 nitrogen and oxygen atoms in total. The molecule has 0 spiro atoms. The average Bonchev–Trinajstić information content (AvgIpc) is 3.55. The lowest BCUT2D eigenvalue weighted by Gasteiger charge is -2.27. The number of nitrogens with zero attached hydrogens (tertiary/aromatic N) is 4. The van der Waals surface area contributed by atoms with E-state index in [4.69, 9.17) is 24.7 Å². The van der Waals surface area contributed by atoms with Gasteiger partial charge in [-0.3, -0.25) is 9.69 Å². The fourth-order valence-electron chi connectivity index (χ4n) is 4.67. The minimum atomic E-state index is -1.37. The van der Waals surface area contributed by atoms with E-state index >= 15 is 0 Å². The number of esters is 1. The highest BCUT2D eigenvalue weighted by molar-refractivity contribution is 5.76. The van der Waals surface area contributed by atoms with E-state index in [1.807, 2.05) is 0 Å². The van der Waals surface area contributed by atoms with Gasteiger partial charge in [0, 0.05) is 0 Å². The zero-order chi connectivity index (χ0) is 26.0. The summed E-state index contributed by atoms with van der Waals surface area (Å²) < 4.78 is 23.2. The maximum atomic E-state index is 12.5. The summed E-state index contributed by atoms with van der Waals surface area (Å²) in [5.74, 6) is -0.212. The molecule has 0 radical (unpaired) electrons. The summed E-state index contributed by atoms with van der Waals surface area (Å²) in [7, 11) is 3.37. The molecule has 198 valence electrons. The summed E-state index contributed by atoms with van der Waals surface area (Å²) in [5, 5.41) is 25.5. The Balaban J connectivity index is 1.33. The van der Waals surface area contributed by atoms with E-state index in [9.17, 15) is 19.8 Å². The van der Waals surface area contributed by atoms with Crippen molar-refractivity contribution in [2.45, 2.75) is 68.7 Å². The second kappa shape index (κ2) is 10.5. The fraction of sp³-hybridized carbons (Fsp3) is 0.652. The molecule has 2 aromatic heterocycles. The zero-order valence-electron chi connectivity index (χ0n) is 20.6. The van der Waals surface area contributed by atoms with Crippen LogP contribution in [-0.2, 0) is 29.3 Å². The van der Waals surface area contributed by atoms with Crippen LogP contribution >= 0.6 is 0 Å². The molecule has 3 heterocycles. The first-order chi connectivity index (χ1) is 17.1. The molecule has 36 heavy (non-hydrogen) atoms. The van der Waals surface area contributed by atoms with Crippen molar-refractivity contribution in [3.05, 3.63) is 24.2 Å². The van der Waals surface area contributed by atoms with Crippen LogP contribution in [0, 0.1) is 0 Å². The van der Waals surface area contributed by atoms with Gasteiger partial charge in [-0.05, 0) is 58.8 Å². The van der Waals surface area contributed by atoms with Crippen LogP contribution < -0.4 is 5.73 Å². The highest BCUT2D eigenvalue weighted by Crippen LogP contribution is 2.40. The molecule has 1 aliphatic carbocycles. The van der Waals surface area contributed by atoms with E-state index in [0.717, 1.165) is 25.7 Å². The van der Waals surface area contributed by atoms with Gasteiger partial charge in [0.25, 0.3) is 0 Å². The molecule has 4 N–H and O–H groups in total. The van der Waals surface area contributed by atoms with Gasteiger partial charge >= 0.3 is 12.1 Å². The Morgan fingerprint density at radius 2 is 2.00 bits per heavy atom. The molecule has 2 fully saturated rings. The predicted molar refractivity (Wildman–Crippen MR) is 125 cm³/mol. The number of nitrogen functional groups attached to an aromatic ring is 1. The summed E-state index contributed by atoms with van der Waals surface area (Å²) in [4.78, 5) is 30.3. The van der Waals surface area contributed by atoms with Crippen molar-refractivity contribution in [1.82, 2.24) is 19.5 Å². The Morgan fingerprint density at radius 1 is 1.28 bits per heavy atom. The first kappa shape index (κ1) is 26.1.